The Hall–Kier alpha value is -1.90. The summed E-state index contributed by atoms with van der Waals surface area (Å²) >= 11 is 0. The smallest absolute Gasteiger partial charge is 0.223 e. The van der Waals surface area contributed by atoms with Gasteiger partial charge in [-0.25, -0.2) is 9.97 Å². The van der Waals surface area contributed by atoms with Crippen molar-refractivity contribution >= 4 is 5.95 Å². The highest BCUT2D eigenvalue weighted by Gasteiger charge is 2.09. The van der Waals surface area contributed by atoms with E-state index in [1.165, 1.54) is 5.56 Å². The first-order valence-corrected chi connectivity index (χ1v) is 5.90. The molecule has 2 rings (SSSR count). The summed E-state index contributed by atoms with van der Waals surface area (Å²) < 4.78 is 0. The Balaban J connectivity index is 2.16. The molecule has 0 saturated carbocycles. The van der Waals surface area contributed by atoms with Crippen LogP contribution in [0, 0.1) is 6.92 Å². The minimum atomic E-state index is 0.262. The summed E-state index contributed by atoms with van der Waals surface area (Å²) in [6, 6.07) is 12.5. The predicted molar refractivity (Wildman–Crippen MR) is 69.9 cm³/mol. The van der Waals surface area contributed by atoms with Crippen LogP contribution in [-0.2, 0) is 0 Å². The van der Waals surface area contributed by atoms with Gasteiger partial charge in [0.05, 0.1) is 6.04 Å². The lowest BCUT2D eigenvalue weighted by Crippen LogP contribution is -2.12. The van der Waals surface area contributed by atoms with E-state index in [0.717, 1.165) is 12.1 Å². The molecule has 3 nitrogen and oxygen atoms in total. The second kappa shape index (κ2) is 5.43. The summed E-state index contributed by atoms with van der Waals surface area (Å²) in [5.74, 6) is 0.695. The molecule has 0 saturated heterocycles. The van der Waals surface area contributed by atoms with Crippen molar-refractivity contribution in [3.8, 4) is 0 Å². The van der Waals surface area contributed by atoms with E-state index in [0.29, 0.717) is 5.95 Å². The van der Waals surface area contributed by atoms with Crippen LogP contribution in [-0.4, -0.2) is 9.97 Å². The fourth-order valence-electron chi connectivity index (χ4n) is 1.78. The van der Waals surface area contributed by atoms with Gasteiger partial charge in [-0.2, -0.15) is 0 Å². The van der Waals surface area contributed by atoms with Crippen LogP contribution >= 0.6 is 0 Å². The molecule has 1 heterocycles. The second-order valence-corrected chi connectivity index (χ2v) is 4.04. The largest absolute Gasteiger partial charge is 0.347 e. The quantitative estimate of drug-likeness (QED) is 0.870. The number of anilines is 1. The molecule has 88 valence electrons. The van der Waals surface area contributed by atoms with Crippen LogP contribution < -0.4 is 5.32 Å². The number of hydrogen-bond acceptors (Lipinski definition) is 3. The van der Waals surface area contributed by atoms with Gasteiger partial charge in [0.1, 0.15) is 0 Å². The first kappa shape index (κ1) is 11.6. The monoisotopic (exact) mass is 227 g/mol. The van der Waals surface area contributed by atoms with E-state index < -0.39 is 0 Å². The minimum absolute atomic E-state index is 0.262. The molecule has 3 heteroatoms. The zero-order valence-electron chi connectivity index (χ0n) is 10.2. The van der Waals surface area contributed by atoms with E-state index in [1.54, 1.807) is 6.20 Å². The van der Waals surface area contributed by atoms with Crippen LogP contribution in [0.15, 0.2) is 42.6 Å². The van der Waals surface area contributed by atoms with Crippen LogP contribution in [0.2, 0.25) is 0 Å². The maximum Gasteiger partial charge on any atom is 0.223 e. The van der Waals surface area contributed by atoms with Gasteiger partial charge in [0.15, 0.2) is 0 Å². The zero-order chi connectivity index (χ0) is 12.1. The minimum Gasteiger partial charge on any atom is -0.347 e. The third-order valence-electron chi connectivity index (χ3n) is 2.71. The fourth-order valence-corrected chi connectivity index (χ4v) is 1.78. The summed E-state index contributed by atoms with van der Waals surface area (Å²) in [5, 5.41) is 3.36. The fraction of sp³-hybridized carbons (Fsp3) is 0.286. The van der Waals surface area contributed by atoms with Crippen molar-refractivity contribution in [1.82, 2.24) is 9.97 Å². The van der Waals surface area contributed by atoms with Crippen molar-refractivity contribution in [2.75, 3.05) is 5.32 Å². The summed E-state index contributed by atoms with van der Waals surface area (Å²) in [7, 11) is 0. The number of aryl methyl sites for hydroxylation is 1. The molecule has 17 heavy (non-hydrogen) atoms. The van der Waals surface area contributed by atoms with Gasteiger partial charge in [0, 0.05) is 11.9 Å². The van der Waals surface area contributed by atoms with Gasteiger partial charge in [0.2, 0.25) is 5.95 Å². The number of nitrogens with zero attached hydrogens (tertiary/aromatic N) is 2. The van der Waals surface area contributed by atoms with Gasteiger partial charge in [-0.05, 0) is 25.0 Å². The number of benzene rings is 1. The molecule has 1 N–H and O–H groups in total. The number of hydrogen-bond donors (Lipinski definition) is 1. The number of aromatic nitrogens is 2. The van der Waals surface area contributed by atoms with Gasteiger partial charge in [-0.3, -0.25) is 0 Å². The summed E-state index contributed by atoms with van der Waals surface area (Å²) in [6.07, 6.45) is 2.78. The molecule has 1 unspecified atom stereocenters. The topological polar surface area (TPSA) is 37.8 Å². The Labute approximate surface area is 102 Å². The Bertz CT molecular complexity index is 468. The van der Waals surface area contributed by atoms with Gasteiger partial charge >= 0.3 is 0 Å². The van der Waals surface area contributed by atoms with Crippen LogP contribution in [0.25, 0.3) is 0 Å². The average molecular weight is 227 g/mol. The van der Waals surface area contributed by atoms with Crippen molar-refractivity contribution in [1.29, 1.82) is 0 Å². The van der Waals surface area contributed by atoms with E-state index in [9.17, 15) is 0 Å². The van der Waals surface area contributed by atoms with E-state index in [4.69, 9.17) is 0 Å². The highest BCUT2D eigenvalue weighted by Crippen LogP contribution is 2.19. The highest BCUT2D eigenvalue weighted by atomic mass is 15.1. The summed E-state index contributed by atoms with van der Waals surface area (Å²) in [4.78, 5) is 8.59. The van der Waals surface area contributed by atoms with E-state index in [2.05, 4.69) is 46.5 Å². The Morgan fingerprint density at radius 3 is 2.59 bits per heavy atom. The molecule has 2 aromatic rings. The average Bonchev–Trinajstić information content (AvgIpc) is 2.37. The molecule has 0 spiro atoms. The molecule has 1 aromatic carbocycles. The number of rotatable bonds is 4. The lowest BCUT2D eigenvalue weighted by molar-refractivity contribution is 0.737. The first-order valence-electron chi connectivity index (χ1n) is 5.90. The molecule has 1 atom stereocenters. The second-order valence-electron chi connectivity index (χ2n) is 4.04. The lowest BCUT2D eigenvalue weighted by atomic mass is 10.1. The van der Waals surface area contributed by atoms with Crippen molar-refractivity contribution in [3.05, 3.63) is 53.9 Å². The molecule has 0 bridgehead atoms. The van der Waals surface area contributed by atoms with Crippen LogP contribution in [0.3, 0.4) is 0 Å². The number of nitrogens with one attached hydrogen (secondary N) is 1. The van der Waals surface area contributed by atoms with Crippen molar-refractivity contribution in [3.63, 3.8) is 0 Å². The van der Waals surface area contributed by atoms with Gasteiger partial charge in [-0.1, -0.05) is 37.3 Å². The Kier molecular flexibility index (Phi) is 3.70. The normalized spacial score (nSPS) is 12.1. The zero-order valence-corrected chi connectivity index (χ0v) is 10.2. The Morgan fingerprint density at radius 2 is 1.94 bits per heavy atom. The molecule has 1 aromatic heterocycles. The molecule has 0 aliphatic carbocycles. The third-order valence-corrected chi connectivity index (χ3v) is 2.71. The van der Waals surface area contributed by atoms with Crippen molar-refractivity contribution in [2.24, 2.45) is 0 Å². The van der Waals surface area contributed by atoms with E-state index in [1.807, 2.05) is 19.1 Å². The highest BCUT2D eigenvalue weighted by molar-refractivity contribution is 5.32. The molecule has 0 amide bonds. The molecule has 0 fully saturated rings. The lowest BCUT2D eigenvalue weighted by Gasteiger charge is -2.17. The third kappa shape index (κ3) is 3.03. The molecule has 0 radical (unpaired) electrons. The molecule has 0 aliphatic heterocycles. The maximum absolute atomic E-state index is 4.36. The van der Waals surface area contributed by atoms with Crippen LogP contribution in [0.1, 0.15) is 30.6 Å². The van der Waals surface area contributed by atoms with E-state index >= 15 is 0 Å². The van der Waals surface area contributed by atoms with E-state index in [-0.39, 0.29) is 6.04 Å². The molecular formula is C14H17N3. The molecular weight excluding hydrogens is 210 g/mol. The molecule has 0 aliphatic rings. The first-order chi connectivity index (χ1) is 8.29. The van der Waals surface area contributed by atoms with Crippen molar-refractivity contribution < 1.29 is 0 Å². The summed E-state index contributed by atoms with van der Waals surface area (Å²) in [5.41, 5.74) is 2.24. The predicted octanol–water partition coefficient (Wildman–Crippen LogP) is 3.35. The maximum atomic E-state index is 4.36. The summed E-state index contributed by atoms with van der Waals surface area (Å²) in [6.45, 7) is 4.12. The van der Waals surface area contributed by atoms with Crippen molar-refractivity contribution in [2.45, 2.75) is 26.3 Å². The van der Waals surface area contributed by atoms with Gasteiger partial charge in [0.25, 0.3) is 0 Å². The standard InChI is InChI=1S/C14H17N3/c1-3-13(12-7-5-4-6-8-12)17-14-15-10-9-11(2)16-14/h4-10,13H,3H2,1-2H3,(H,15,16,17). The van der Waals surface area contributed by atoms with Crippen LogP contribution in [0.5, 0.6) is 0 Å². The van der Waals surface area contributed by atoms with Gasteiger partial charge < -0.3 is 5.32 Å². The SMILES string of the molecule is CCC(Nc1nccc(C)n1)c1ccccc1. The van der Waals surface area contributed by atoms with Crippen LogP contribution in [0.4, 0.5) is 5.95 Å². The Morgan fingerprint density at radius 1 is 1.18 bits per heavy atom. The van der Waals surface area contributed by atoms with Gasteiger partial charge in [-0.15, -0.1) is 0 Å².